The molecular formula is C35H51N5O11. The number of nitro benzene ring substituents is 1. The van der Waals surface area contributed by atoms with Crippen LogP contribution < -0.4 is 32.1 Å². The van der Waals surface area contributed by atoms with E-state index in [9.17, 15) is 38.9 Å². The van der Waals surface area contributed by atoms with Crippen LogP contribution in [0.5, 0.6) is 0 Å². The molecule has 0 aliphatic heterocycles. The van der Waals surface area contributed by atoms with E-state index in [0.29, 0.717) is 18.4 Å². The normalized spacial score (nSPS) is 13.0. The molecule has 4 N–H and O–H groups in total. The fourth-order valence-electron chi connectivity index (χ4n) is 4.60. The van der Waals surface area contributed by atoms with Gasteiger partial charge in [0.2, 0.25) is 0 Å². The predicted molar refractivity (Wildman–Crippen MR) is 190 cm³/mol. The summed E-state index contributed by atoms with van der Waals surface area (Å²) in [5.74, 6) is -2.02. The zero-order valence-electron chi connectivity index (χ0n) is 30.9. The number of nitrogens with one attached hydrogen (secondary N) is 4. The first-order valence-electron chi connectivity index (χ1n) is 16.7. The summed E-state index contributed by atoms with van der Waals surface area (Å²) in [5.41, 5.74) is -3.01. The number of ether oxygens (including phenoxy) is 3. The molecule has 0 aromatic heterocycles. The monoisotopic (exact) mass is 717 g/mol. The van der Waals surface area contributed by atoms with Crippen molar-refractivity contribution in [2.45, 2.75) is 130 Å². The van der Waals surface area contributed by atoms with Crippen molar-refractivity contribution in [3.8, 4) is 0 Å². The second-order valence-corrected chi connectivity index (χ2v) is 15.0. The fraction of sp³-hybridized carbons (Fsp3) is 0.600. The first kappa shape index (κ1) is 42.1. The van der Waals surface area contributed by atoms with Gasteiger partial charge in [-0.3, -0.25) is 24.5 Å². The summed E-state index contributed by atoms with van der Waals surface area (Å²) in [7, 11) is 0. The second-order valence-electron chi connectivity index (χ2n) is 15.0. The van der Waals surface area contributed by atoms with Gasteiger partial charge in [0.05, 0.1) is 4.92 Å². The molecule has 16 heteroatoms. The summed E-state index contributed by atoms with van der Waals surface area (Å²) in [6.45, 7) is 15.6. The standard InChI is InChI=1S/C35H51N5O11/c1-33(2,3)49-25(41)18-17-24(31(45)51-35(7,8)9)39-32(46)38-23(30(44)50-34(4,5)6)12-10-11-19-36-26-27(29(43)28(26)42)37-20-21-13-15-22(16-14-21)40(47)48/h13-16,23-24,36-37H,10-12,17-20H2,1-9H3,(H2,38,39,46). The van der Waals surface area contributed by atoms with E-state index in [4.69, 9.17) is 14.2 Å². The Morgan fingerprint density at radius 2 is 1.18 bits per heavy atom. The van der Waals surface area contributed by atoms with Gasteiger partial charge in [-0.1, -0.05) is 12.1 Å². The highest BCUT2D eigenvalue weighted by atomic mass is 16.6. The van der Waals surface area contributed by atoms with Crippen molar-refractivity contribution in [3.63, 3.8) is 0 Å². The van der Waals surface area contributed by atoms with Crippen LogP contribution in [0.4, 0.5) is 21.9 Å². The van der Waals surface area contributed by atoms with E-state index in [0.717, 1.165) is 0 Å². The topological polar surface area (TPSA) is 221 Å². The number of urea groups is 1. The van der Waals surface area contributed by atoms with Crippen LogP contribution in [-0.2, 0) is 35.1 Å². The number of carbonyl (C=O) groups is 4. The number of nitrogens with zero attached hydrogens (tertiary/aromatic N) is 1. The molecule has 51 heavy (non-hydrogen) atoms. The van der Waals surface area contributed by atoms with Crippen LogP contribution in [0.25, 0.3) is 0 Å². The van der Waals surface area contributed by atoms with Gasteiger partial charge in [-0.2, -0.15) is 0 Å². The highest BCUT2D eigenvalue weighted by molar-refractivity contribution is 5.87. The molecule has 2 rings (SSSR count). The fourth-order valence-corrected chi connectivity index (χ4v) is 4.60. The molecule has 2 atom stereocenters. The third-order valence-corrected chi connectivity index (χ3v) is 6.80. The maximum Gasteiger partial charge on any atom is 0.329 e. The number of unbranched alkanes of at least 4 members (excludes halogenated alkanes) is 1. The lowest BCUT2D eigenvalue weighted by molar-refractivity contribution is -0.384. The predicted octanol–water partition coefficient (Wildman–Crippen LogP) is 4.23. The molecule has 0 saturated carbocycles. The summed E-state index contributed by atoms with van der Waals surface area (Å²) >= 11 is 0. The molecule has 0 aliphatic rings. The summed E-state index contributed by atoms with van der Waals surface area (Å²) in [5, 5.41) is 21.8. The molecule has 0 aliphatic carbocycles. The zero-order chi connectivity index (χ0) is 38.7. The van der Waals surface area contributed by atoms with E-state index in [1.807, 2.05) is 0 Å². The highest BCUT2D eigenvalue weighted by Gasteiger charge is 2.31. The number of hydrogen-bond donors (Lipinski definition) is 4. The second kappa shape index (κ2) is 17.8. The molecule has 16 nitrogen and oxygen atoms in total. The Morgan fingerprint density at radius 1 is 0.706 bits per heavy atom. The molecular weight excluding hydrogens is 666 g/mol. The Bertz CT molecular complexity index is 1610. The molecule has 0 fully saturated rings. The lowest BCUT2D eigenvalue weighted by Crippen LogP contribution is -2.53. The number of nitro groups is 1. The largest absolute Gasteiger partial charge is 0.460 e. The number of non-ortho nitro benzene ring substituents is 1. The minimum atomic E-state index is -1.22. The number of rotatable bonds is 17. The number of carbonyl (C=O) groups excluding carboxylic acids is 4. The number of esters is 3. The van der Waals surface area contributed by atoms with Crippen LogP contribution in [0.1, 0.15) is 100.0 Å². The first-order valence-corrected chi connectivity index (χ1v) is 16.7. The van der Waals surface area contributed by atoms with Crippen molar-refractivity contribution < 1.29 is 38.3 Å². The third kappa shape index (κ3) is 15.2. The first-order chi connectivity index (χ1) is 23.5. The molecule has 0 radical (unpaired) electrons. The van der Waals surface area contributed by atoms with Crippen molar-refractivity contribution in [3.05, 3.63) is 60.4 Å². The Kier molecular flexibility index (Phi) is 14.7. The number of amides is 2. The van der Waals surface area contributed by atoms with E-state index >= 15 is 0 Å². The van der Waals surface area contributed by atoms with Crippen LogP contribution in [0.2, 0.25) is 0 Å². The van der Waals surface area contributed by atoms with Crippen molar-refractivity contribution in [1.29, 1.82) is 0 Å². The Hall–Kier alpha value is -5.02. The minimum absolute atomic E-state index is 0.0692. The van der Waals surface area contributed by atoms with Gasteiger partial charge in [0.1, 0.15) is 40.3 Å². The van der Waals surface area contributed by atoms with Crippen LogP contribution in [-0.4, -0.2) is 64.3 Å². The van der Waals surface area contributed by atoms with Gasteiger partial charge in [0, 0.05) is 31.6 Å². The average Bonchev–Trinajstić information content (AvgIpc) is 2.98. The van der Waals surface area contributed by atoms with E-state index in [-0.39, 0.29) is 49.4 Å². The molecule has 0 saturated heterocycles. The SMILES string of the molecule is CC(C)(C)OC(=O)CCC(NC(=O)NC(CCCCNc1c(NCc2ccc([N+](=O)[O-])cc2)c(=O)c1=O)C(=O)OC(C)(C)C)C(=O)OC(C)(C)C. The van der Waals surface area contributed by atoms with E-state index in [1.54, 1.807) is 74.4 Å². The van der Waals surface area contributed by atoms with Gasteiger partial charge in [-0.25, -0.2) is 14.4 Å². The molecule has 0 heterocycles. The average molecular weight is 718 g/mol. The highest BCUT2D eigenvalue weighted by Crippen LogP contribution is 2.19. The quantitative estimate of drug-likeness (QED) is 0.0450. The van der Waals surface area contributed by atoms with E-state index < -0.39 is 68.6 Å². The molecule has 2 amide bonds. The third-order valence-electron chi connectivity index (χ3n) is 6.80. The Balaban J connectivity index is 2.02. The summed E-state index contributed by atoms with van der Waals surface area (Å²) < 4.78 is 16.3. The van der Waals surface area contributed by atoms with Crippen molar-refractivity contribution in [2.24, 2.45) is 0 Å². The van der Waals surface area contributed by atoms with Gasteiger partial charge < -0.3 is 35.5 Å². The van der Waals surface area contributed by atoms with Crippen LogP contribution >= 0.6 is 0 Å². The van der Waals surface area contributed by atoms with Crippen molar-refractivity contribution in [2.75, 3.05) is 17.2 Å². The zero-order valence-corrected chi connectivity index (χ0v) is 30.9. The lowest BCUT2D eigenvalue weighted by Gasteiger charge is -2.27. The van der Waals surface area contributed by atoms with Gasteiger partial charge in [-0.05, 0) is 93.6 Å². The number of anilines is 2. The molecule has 2 aromatic rings. The van der Waals surface area contributed by atoms with Gasteiger partial charge in [0.15, 0.2) is 0 Å². The van der Waals surface area contributed by atoms with Crippen molar-refractivity contribution >= 4 is 41.0 Å². The molecule has 282 valence electrons. The van der Waals surface area contributed by atoms with Gasteiger partial charge in [-0.15, -0.1) is 0 Å². The lowest BCUT2D eigenvalue weighted by atomic mass is 10.1. The van der Waals surface area contributed by atoms with E-state index in [1.165, 1.54) is 12.1 Å². The summed E-state index contributed by atoms with van der Waals surface area (Å²) in [4.78, 5) is 86.2. The Morgan fingerprint density at radius 3 is 1.65 bits per heavy atom. The van der Waals surface area contributed by atoms with Crippen molar-refractivity contribution in [1.82, 2.24) is 10.6 Å². The summed E-state index contributed by atoms with van der Waals surface area (Å²) in [6, 6.07) is 2.58. The number of hydrogen-bond acceptors (Lipinski definition) is 13. The maximum absolute atomic E-state index is 13.1. The maximum atomic E-state index is 13.1. The molecule has 0 bridgehead atoms. The van der Waals surface area contributed by atoms with Crippen LogP contribution in [0.15, 0.2) is 33.9 Å². The van der Waals surface area contributed by atoms with E-state index in [2.05, 4.69) is 21.3 Å². The van der Waals surface area contributed by atoms with Crippen LogP contribution in [0.3, 0.4) is 0 Å². The minimum Gasteiger partial charge on any atom is -0.460 e. The molecule has 2 unspecified atom stereocenters. The van der Waals surface area contributed by atoms with Gasteiger partial charge in [0.25, 0.3) is 16.5 Å². The molecule has 2 aromatic carbocycles. The Labute approximate surface area is 297 Å². The smallest absolute Gasteiger partial charge is 0.329 e. The van der Waals surface area contributed by atoms with Gasteiger partial charge >= 0.3 is 23.9 Å². The summed E-state index contributed by atoms with van der Waals surface area (Å²) in [6.07, 6.45) is 0.659. The molecule has 0 spiro atoms. The number of benzene rings is 1. The van der Waals surface area contributed by atoms with Crippen LogP contribution in [0, 0.1) is 10.1 Å².